The maximum atomic E-state index is 5.65. The lowest BCUT2D eigenvalue weighted by atomic mass is 10.0. The fourth-order valence-corrected chi connectivity index (χ4v) is 10.4. The lowest BCUT2D eigenvalue weighted by Gasteiger charge is -2.12. The summed E-state index contributed by atoms with van der Waals surface area (Å²) >= 11 is 1.74. The summed E-state index contributed by atoms with van der Waals surface area (Å²) in [5.41, 5.74) is 10.3. The van der Waals surface area contributed by atoms with Crippen LogP contribution in [-0.2, 0) is 0 Å². The van der Waals surface area contributed by atoms with Crippen LogP contribution < -0.4 is 0 Å². The van der Waals surface area contributed by atoms with Gasteiger partial charge in [0.15, 0.2) is 0 Å². The largest absolute Gasteiger partial charge is 0.308 e. The van der Waals surface area contributed by atoms with Crippen molar-refractivity contribution >= 4 is 102 Å². The van der Waals surface area contributed by atoms with Gasteiger partial charge in [-0.2, -0.15) is 0 Å². The van der Waals surface area contributed by atoms with E-state index in [1.807, 2.05) is 0 Å². The molecule has 0 spiro atoms. The Morgan fingerprint density at radius 2 is 1.09 bits per heavy atom. The summed E-state index contributed by atoms with van der Waals surface area (Å²) in [6, 6.07) is 61.6. The molecule has 0 amide bonds. The van der Waals surface area contributed by atoms with Gasteiger partial charge in [-0.3, -0.25) is 4.57 Å². The summed E-state index contributed by atoms with van der Waals surface area (Å²) in [5.74, 6) is 0.678. The molecule has 0 unspecified atom stereocenters. The molecule has 0 N–H and O–H groups in total. The quantitative estimate of drug-likeness (QED) is 0.182. The fourth-order valence-electron chi connectivity index (χ4n) is 9.28. The van der Waals surface area contributed by atoms with Crippen molar-refractivity contribution in [3.05, 3.63) is 170 Å². The maximum absolute atomic E-state index is 5.65. The summed E-state index contributed by atoms with van der Waals surface area (Å²) in [5, 5.41) is 12.0. The highest BCUT2D eigenvalue weighted by atomic mass is 32.1. The molecule has 0 bridgehead atoms. The third-order valence-corrected chi connectivity index (χ3v) is 12.7. The van der Waals surface area contributed by atoms with Gasteiger partial charge < -0.3 is 4.40 Å². The molecule has 254 valence electrons. The molecule has 0 aliphatic heterocycles. The average molecular weight is 717 g/mol. The number of hydrogen-bond donors (Lipinski definition) is 0. The van der Waals surface area contributed by atoms with Crippen LogP contribution in [0.2, 0.25) is 0 Å². The van der Waals surface area contributed by atoms with Crippen molar-refractivity contribution < 1.29 is 0 Å². The van der Waals surface area contributed by atoms with E-state index in [-0.39, 0.29) is 0 Å². The molecule has 0 radical (unpaired) electrons. The van der Waals surface area contributed by atoms with Gasteiger partial charge in [0.1, 0.15) is 4.83 Å². The Hall–Kier alpha value is -7.08. The number of rotatable bonds is 3. The SMILES string of the molecule is c1ccc(-c2ccc3c(c2)c2cc4c5ccccc5n5c6ccccc6c(c2n3-c2nc(-c3ccc6ccccc6c3)c3c(n2)sc2ccccc23)c45)cc1. The molecule has 13 rings (SSSR count). The van der Waals surface area contributed by atoms with Crippen molar-refractivity contribution in [3.8, 4) is 28.3 Å². The highest BCUT2D eigenvalue weighted by molar-refractivity contribution is 7.25. The lowest BCUT2D eigenvalue weighted by Crippen LogP contribution is -2.03. The molecule has 55 heavy (non-hydrogen) atoms. The standard InChI is InChI=1S/C50H28N4S/c1-2-12-29(13-3-1)32-24-25-42-37(27-32)39-28-38-34-16-6-9-19-40(34)53-41-20-10-7-17-35(41)45(47(38)53)48(39)54(42)50-51-46(33-23-22-30-14-4-5-15-31(30)26-33)44-36-18-8-11-21-43(36)55-49(44)52-50/h1-28H. The third kappa shape index (κ3) is 3.94. The van der Waals surface area contributed by atoms with Gasteiger partial charge in [-0.05, 0) is 64.4 Å². The smallest absolute Gasteiger partial charge is 0.236 e. The van der Waals surface area contributed by atoms with Gasteiger partial charge in [0.25, 0.3) is 0 Å². The molecule has 5 aromatic heterocycles. The minimum Gasteiger partial charge on any atom is -0.308 e. The van der Waals surface area contributed by atoms with Crippen molar-refractivity contribution in [2.24, 2.45) is 0 Å². The Morgan fingerprint density at radius 1 is 0.400 bits per heavy atom. The van der Waals surface area contributed by atoms with Crippen LogP contribution in [0.15, 0.2) is 170 Å². The Kier molecular flexibility index (Phi) is 5.74. The first kappa shape index (κ1) is 29.4. The van der Waals surface area contributed by atoms with Crippen LogP contribution in [0.1, 0.15) is 0 Å². The van der Waals surface area contributed by atoms with Crippen molar-refractivity contribution in [1.29, 1.82) is 0 Å². The maximum Gasteiger partial charge on any atom is 0.236 e. The Bertz CT molecular complexity index is 3720. The number of hydrogen-bond acceptors (Lipinski definition) is 3. The zero-order valence-electron chi connectivity index (χ0n) is 29.4. The third-order valence-electron chi connectivity index (χ3n) is 11.7. The Morgan fingerprint density at radius 3 is 1.96 bits per heavy atom. The van der Waals surface area contributed by atoms with Crippen LogP contribution in [0.3, 0.4) is 0 Å². The second kappa shape index (κ2) is 10.8. The van der Waals surface area contributed by atoms with Crippen molar-refractivity contribution in [2.45, 2.75) is 0 Å². The van der Waals surface area contributed by atoms with E-state index in [0.717, 1.165) is 32.5 Å². The van der Waals surface area contributed by atoms with Crippen LogP contribution in [0, 0.1) is 0 Å². The number of benzene rings is 8. The van der Waals surface area contributed by atoms with E-state index in [9.17, 15) is 0 Å². The number of fused-ring (bicyclic) bond motifs is 14. The molecule has 13 aromatic rings. The highest BCUT2D eigenvalue weighted by Crippen LogP contribution is 2.47. The van der Waals surface area contributed by atoms with Gasteiger partial charge in [-0.15, -0.1) is 11.3 Å². The number of para-hydroxylation sites is 2. The normalized spacial score (nSPS) is 12.4. The predicted molar refractivity (Wildman–Crippen MR) is 232 cm³/mol. The van der Waals surface area contributed by atoms with Crippen molar-refractivity contribution in [2.75, 3.05) is 0 Å². The molecule has 0 saturated heterocycles. The topological polar surface area (TPSA) is 35.1 Å². The number of thiophene rings is 1. The zero-order valence-corrected chi connectivity index (χ0v) is 30.2. The van der Waals surface area contributed by atoms with Gasteiger partial charge in [0, 0.05) is 53.4 Å². The van der Waals surface area contributed by atoms with Crippen LogP contribution >= 0.6 is 11.3 Å². The van der Waals surface area contributed by atoms with Gasteiger partial charge in [-0.1, -0.05) is 127 Å². The second-order valence-electron chi connectivity index (χ2n) is 14.6. The van der Waals surface area contributed by atoms with Gasteiger partial charge in [0.2, 0.25) is 5.95 Å². The van der Waals surface area contributed by atoms with E-state index >= 15 is 0 Å². The molecule has 0 aliphatic rings. The molecule has 0 atom stereocenters. The fraction of sp³-hybridized carbons (Fsp3) is 0. The van der Waals surface area contributed by atoms with E-state index in [1.165, 1.54) is 80.9 Å². The molecule has 0 aliphatic carbocycles. The lowest BCUT2D eigenvalue weighted by molar-refractivity contribution is 1.02. The number of aromatic nitrogens is 4. The summed E-state index contributed by atoms with van der Waals surface area (Å²) < 4.78 is 6.02. The van der Waals surface area contributed by atoms with Gasteiger partial charge in [0.05, 0.1) is 33.3 Å². The zero-order chi connectivity index (χ0) is 35.8. The summed E-state index contributed by atoms with van der Waals surface area (Å²) in [4.78, 5) is 12.1. The Balaban J connectivity index is 1.23. The Labute approximate surface area is 318 Å². The van der Waals surface area contributed by atoms with E-state index in [1.54, 1.807) is 11.3 Å². The van der Waals surface area contributed by atoms with Gasteiger partial charge in [-0.25, -0.2) is 9.97 Å². The van der Waals surface area contributed by atoms with Crippen LogP contribution in [0.4, 0.5) is 0 Å². The highest BCUT2D eigenvalue weighted by Gasteiger charge is 2.26. The molecule has 0 fully saturated rings. The van der Waals surface area contributed by atoms with Crippen LogP contribution in [0.25, 0.3) is 119 Å². The summed E-state index contributed by atoms with van der Waals surface area (Å²) in [7, 11) is 0. The van der Waals surface area contributed by atoms with Crippen LogP contribution in [-0.4, -0.2) is 18.9 Å². The first-order chi connectivity index (χ1) is 27.3. The molecule has 4 nitrogen and oxygen atoms in total. The van der Waals surface area contributed by atoms with Gasteiger partial charge >= 0.3 is 0 Å². The molecule has 5 heteroatoms. The molecular formula is C50H28N4S. The molecule has 8 aromatic carbocycles. The molecular weight excluding hydrogens is 689 g/mol. The second-order valence-corrected chi connectivity index (χ2v) is 15.6. The summed E-state index contributed by atoms with van der Waals surface area (Å²) in [6.07, 6.45) is 0. The van der Waals surface area contributed by atoms with Crippen molar-refractivity contribution in [3.63, 3.8) is 0 Å². The molecule has 5 heterocycles. The summed E-state index contributed by atoms with van der Waals surface area (Å²) in [6.45, 7) is 0. The first-order valence-corrected chi connectivity index (χ1v) is 19.5. The molecule has 0 saturated carbocycles. The monoisotopic (exact) mass is 716 g/mol. The van der Waals surface area contributed by atoms with E-state index < -0.39 is 0 Å². The van der Waals surface area contributed by atoms with E-state index in [0.29, 0.717) is 5.95 Å². The predicted octanol–water partition coefficient (Wildman–Crippen LogP) is 13.6. The van der Waals surface area contributed by atoms with E-state index in [4.69, 9.17) is 9.97 Å². The number of nitrogens with zero attached hydrogens (tertiary/aromatic N) is 4. The average Bonchev–Trinajstić information content (AvgIpc) is 3.98. The van der Waals surface area contributed by atoms with Crippen molar-refractivity contribution in [1.82, 2.24) is 18.9 Å². The van der Waals surface area contributed by atoms with E-state index in [2.05, 4.69) is 179 Å². The first-order valence-electron chi connectivity index (χ1n) is 18.7. The minimum absolute atomic E-state index is 0.678. The van der Waals surface area contributed by atoms with Crippen LogP contribution in [0.5, 0.6) is 0 Å². The minimum atomic E-state index is 0.678.